The first-order chi connectivity index (χ1) is 5.27. The molecule has 0 aromatic carbocycles. The van der Waals surface area contributed by atoms with Crippen LogP contribution in [0.1, 0.15) is 27.7 Å². The van der Waals surface area contributed by atoms with E-state index in [1.54, 1.807) is 0 Å². The van der Waals surface area contributed by atoms with Gasteiger partial charge in [-0.15, -0.1) is 0 Å². The topological polar surface area (TPSA) is 29.1 Å². The van der Waals surface area contributed by atoms with Gasteiger partial charge < -0.3 is 0 Å². The number of ketones is 1. The van der Waals surface area contributed by atoms with Gasteiger partial charge in [-0.2, -0.15) is 0 Å². The summed E-state index contributed by atoms with van der Waals surface area (Å²) < 4.78 is 3.09. The second kappa shape index (κ2) is 4.44. The third-order valence-electron chi connectivity index (χ3n) is 1.54. The van der Waals surface area contributed by atoms with E-state index in [1.165, 1.54) is 0 Å². The summed E-state index contributed by atoms with van der Waals surface area (Å²) in [5, 5.41) is 0. The zero-order valence-electron chi connectivity index (χ0n) is 8.30. The lowest BCUT2D eigenvalue weighted by atomic mass is 9.92. The molecule has 0 radical (unpaired) electrons. The lowest BCUT2D eigenvalue weighted by Gasteiger charge is -2.26. The average molecular weight is 207 g/mol. The van der Waals surface area contributed by atoms with Gasteiger partial charge in [0.05, 0.1) is 5.54 Å². The van der Waals surface area contributed by atoms with Crippen molar-refractivity contribution in [1.29, 1.82) is 0 Å². The SMILES string of the molecule is CC(C)C(=O)C(C)(C)NS(C)=S. The maximum Gasteiger partial charge on any atom is 0.155 e. The first-order valence-electron chi connectivity index (χ1n) is 3.93. The van der Waals surface area contributed by atoms with E-state index in [9.17, 15) is 4.79 Å². The summed E-state index contributed by atoms with van der Waals surface area (Å²) in [6.45, 7) is 7.57. The van der Waals surface area contributed by atoms with Gasteiger partial charge in [-0.1, -0.05) is 23.5 Å². The van der Waals surface area contributed by atoms with Crippen LogP contribution in [0.25, 0.3) is 0 Å². The summed E-state index contributed by atoms with van der Waals surface area (Å²) in [5.41, 5.74) is -0.478. The normalized spacial score (nSPS) is 14.8. The summed E-state index contributed by atoms with van der Waals surface area (Å²) in [7, 11) is -0.310. The average Bonchev–Trinajstić information content (AvgIpc) is 1.82. The van der Waals surface area contributed by atoms with Crippen LogP contribution in [0, 0.1) is 5.92 Å². The van der Waals surface area contributed by atoms with Gasteiger partial charge in [-0.25, -0.2) is 4.72 Å². The van der Waals surface area contributed by atoms with Gasteiger partial charge in [-0.3, -0.25) is 4.79 Å². The molecule has 0 spiro atoms. The van der Waals surface area contributed by atoms with Crippen molar-refractivity contribution in [3.63, 3.8) is 0 Å². The van der Waals surface area contributed by atoms with Gasteiger partial charge >= 0.3 is 0 Å². The number of nitrogens with one attached hydrogen (secondary N) is 1. The molecule has 0 saturated heterocycles. The Hall–Kier alpha value is 0.200. The number of Topliss-reactive ketones (excluding diaryl/α,β-unsaturated/α-hetero) is 1. The maximum atomic E-state index is 11.6. The van der Waals surface area contributed by atoms with Crippen molar-refractivity contribution in [3.8, 4) is 0 Å². The zero-order valence-corrected chi connectivity index (χ0v) is 9.94. The molecule has 0 aliphatic heterocycles. The molecule has 1 atom stereocenters. The monoisotopic (exact) mass is 207 g/mol. The van der Waals surface area contributed by atoms with Crippen LogP contribution in [-0.4, -0.2) is 17.6 Å². The van der Waals surface area contributed by atoms with Gasteiger partial charge in [-0.05, 0) is 25.0 Å². The quantitative estimate of drug-likeness (QED) is 0.751. The van der Waals surface area contributed by atoms with Crippen molar-refractivity contribution in [3.05, 3.63) is 0 Å². The van der Waals surface area contributed by atoms with Crippen molar-refractivity contribution in [1.82, 2.24) is 4.72 Å². The molecule has 0 aromatic heterocycles. The van der Waals surface area contributed by atoms with Crippen molar-refractivity contribution in [2.75, 3.05) is 6.26 Å². The van der Waals surface area contributed by atoms with E-state index in [-0.39, 0.29) is 21.3 Å². The molecule has 0 aliphatic rings. The summed E-state index contributed by atoms with van der Waals surface area (Å²) >= 11 is 5.00. The molecular weight excluding hydrogens is 190 g/mol. The number of hydrogen-bond acceptors (Lipinski definition) is 2. The molecule has 72 valence electrons. The molecule has 1 unspecified atom stereocenters. The van der Waals surface area contributed by atoms with Crippen LogP contribution in [0.15, 0.2) is 0 Å². The molecular formula is C8H17NOS2. The minimum absolute atomic E-state index is 0.0612. The minimum Gasteiger partial charge on any atom is -0.297 e. The zero-order chi connectivity index (χ0) is 9.94. The lowest BCUT2D eigenvalue weighted by Crippen LogP contribution is -2.48. The molecule has 12 heavy (non-hydrogen) atoms. The summed E-state index contributed by atoms with van der Waals surface area (Å²) in [6.07, 6.45) is 1.89. The fraction of sp³-hybridized carbons (Fsp3) is 0.875. The minimum atomic E-state index is -0.478. The fourth-order valence-corrected chi connectivity index (χ4v) is 2.58. The van der Waals surface area contributed by atoms with E-state index >= 15 is 0 Å². The Balaban J connectivity index is 4.39. The third-order valence-corrected chi connectivity index (χ3v) is 2.59. The van der Waals surface area contributed by atoms with E-state index in [0.717, 1.165) is 0 Å². The molecule has 0 saturated carbocycles. The van der Waals surface area contributed by atoms with Crippen LogP contribution < -0.4 is 4.72 Å². The van der Waals surface area contributed by atoms with Crippen LogP contribution in [0.3, 0.4) is 0 Å². The van der Waals surface area contributed by atoms with Gasteiger partial charge in [0.2, 0.25) is 0 Å². The van der Waals surface area contributed by atoms with E-state index in [0.29, 0.717) is 0 Å². The number of rotatable bonds is 4. The Morgan fingerprint density at radius 2 is 1.92 bits per heavy atom. The Labute approximate surface area is 81.8 Å². The molecule has 0 aromatic rings. The molecule has 2 nitrogen and oxygen atoms in total. The van der Waals surface area contributed by atoms with Crippen molar-refractivity contribution in [2.45, 2.75) is 33.2 Å². The smallest absolute Gasteiger partial charge is 0.155 e. The molecule has 0 fully saturated rings. The van der Waals surface area contributed by atoms with Crippen LogP contribution in [-0.2, 0) is 25.6 Å². The van der Waals surface area contributed by atoms with Gasteiger partial charge in [0, 0.05) is 12.2 Å². The molecule has 0 amide bonds. The van der Waals surface area contributed by atoms with Crippen LogP contribution in [0.2, 0.25) is 0 Å². The third kappa shape index (κ3) is 3.74. The predicted octanol–water partition coefficient (Wildman–Crippen LogP) is 1.20. The first-order valence-corrected chi connectivity index (χ1v) is 6.48. The van der Waals surface area contributed by atoms with Crippen LogP contribution in [0.4, 0.5) is 0 Å². The van der Waals surface area contributed by atoms with Crippen LogP contribution in [0.5, 0.6) is 0 Å². The van der Waals surface area contributed by atoms with Gasteiger partial charge in [0.25, 0.3) is 0 Å². The highest BCUT2D eigenvalue weighted by atomic mass is 32.8. The Morgan fingerprint density at radius 3 is 2.17 bits per heavy atom. The molecule has 4 heteroatoms. The van der Waals surface area contributed by atoms with Gasteiger partial charge in [0.15, 0.2) is 5.78 Å². The molecule has 0 aliphatic carbocycles. The summed E-state index contributed by atoms with van der Waals surface area (Å²) in [5.74, 6) is 0.276. The Morgan fingerprint density at radius 1 is 1.50 bits per heavy atom. The second-order valence-electron chi connectivity index (χ2n) is 3.70. The van der Waals surface area contributed by atoms with E-state index in [2.05, 4.69) is 4.72 Å². The van der Waals surface area contributed by atoms with Crippen molar-refractivity contribution >= 4 is 26.6 Å². The van der Waals surface area contributed by atoms with Gasteiger partial charge in [0.1, 0.15) is 0 Å². The highest BCUT2D eigenvalue weighted by molar-refractivity contribution is 8.27. The second-order valence-corrected chi connectivity index (χ2v) is 6.31. The summed E-state index contributed by atoms with van der Waals surface area (Å²) in [4.78, 5) is 11.6. The number of hydrogen-bond donors (Lipinski definition) is 1. The first kappa shape index (κ1) is 12.2. The molecule has 0 bridgehead atoms. The van der Waals surface area contributed by atoms with Crippen molar-refractivity contribution in [2.24, 2.45) is 5.92 Å². The predicted molar refractivity (Wildman–Crippen MR) is 57.7 cm³/mol. The summed E-state index contributed by atoms with van der Waals surface area (Å²) in [6, 6.07) is 0. The maximum absolute atomic E-state index is 11.6. The fourth-order valence-electron chi connectivity index (χ4n) is 1.13. The number of carbonyl (C=O) groups excluding carboxylic acids is 1. The van der Waals surface area contributed by atoms with E-state index in [4.69, 9.17) is 11.2 Å². The largest absolute Gasteiger partial charge is 0.297 e. The molecule has 0 heterocycles. The van der Waals surface area contributed by atoms with Crippen molar-refractivity contribution < 1.29 is 4.79 Å². The Kier molecular flexibility index (Phi) is 4.51. The van der Waals surface area contributed by atoms with E-state index < -0.39 is 5.54 Å². The highest BCUT2D eigenvalue weighted by Gasteiger charge is 2.29. The molecule has 1 N–H and O–H groups in total. The highest BCUT2D eigenvalue weighted by Crippen LogP contribution is 2.11. The lowest BCUT2D eigenvalue weighted by molar-refractivity contribution is -0.126. The number of carbonyl (C=O) groups is 1. The Bertz CT molecular complexity index is 199. The van der Waals surface area contributed by atoms with Crippen LogP contribution >= 0.6 is 0 Å². The molecule has 0 rings (SSSR count). The van der Waals surface area contributed by atoms with E-state index in [1.807, 2.05) is 34.0 Å². The standard InChI is InChI=1S/C8H17NOS2/c1-6(2)7(10)8(3,4)9-12(5)11/h6,9H,1-5H3.